The molecular weight excluding hydrogens is 290 g/mol. The van der Waals surface area contributed by atoms with E-state index in [1.54, 1.807) is 0 Å². The zero-order valence-corrected chi connectivity index (χ0v) is 14.0. The minimum absolute atomic E-state index is 0.115. The van der Waals surface area contributed by atoms with Gasteiger partial charge in [-0.25, -0.2) is 4.79 Å². The number of fused-ring (bicyclic) bond motifs is 2. The molecular formula is C18H27N3O2. The Morgan fingerprint density at radius 2 is 2.09 bits per heavy atom. The molecule has 2 amide bonds. The quantitative estimate of drug-likeness (QED) is 0.780. The Bertz CT molecular complexity index is 561. The maximum Gasteiger partial charge on any atom is 0.319 e. The van der Waals surface area contributed by atoms with E-state index in [0.717, 1.165) is 18.7 Å². The van der Waals surface area contributed by atoms with Crippen LogP contribution < -0.4 is 10.6 Å². The second kappa shape index (κ2) is 6.89. The van der Waals surface area contributed by atoms with Crippen LogP contribution in [0.2, 0.25) is 0 Å². The van der Waals surface area contributed by atoms with Gasteiger partial charge in [0.1, 0.15) is 0 Å². The maximum absolute atomic E-state index is 12.3. The third-order valence-electron chi connectivity index (χ3n) is 5.28. The smallest absolute Gasteiger partial charge is 0.319 e. The molecule has 0 radical (unpaired) electrons. The highest BCUT2D eigenvalue weighted by molar-refractivity contribution is 5.89. The predicted molar refractivity (Wildman–Crippen MR) is 91.2 cm³/mol. The average Bonchev–Trinajstić information content (AvgIpc) is 3.07. The van der Waals surface area contributed by atoms with Crippen molar-refractivity contribution in [2.24, 2.45) is 17.8 Å². The second-order valence-electron chi connectivity index (χ2n) is 7.24. The van der Waals surface area contributed by atoms with Crippen LogP contribution in [-0.2, 0) is 6.54 Å². The van der Waals surface area contributed by atoms with Gasteiger partial charge in [0.05, 0.1) is 0 Å². The molecule has 2 aliphatic carbocycles. The molecule has 5 nitrogen and oxygen atoms in total. The van der Waals surface area contributed by atoms with Crippen molar-refractivity contribution in [2.45, 2.75) is 31.8 Å². The average molecular weight is 317 g/mol. The van der Waals surface area contributed by atoms with Crippen molar-refractivity contribution in [3.8, 4) is 0 Å². The van der Waals surface area contributed by atoms with Gasteiger partial charge in [-0.3, -0.25) is 0 Å². The zero-order chi connectivity index (χ0) is 16.4. The normalized spacial score (nSPS) is 29.0. The summed E-state index contributed by atoms with van der Waals surface area (Å²) in [6, 6.07) is 7.88. The van der Waals surface area contributed by atoms with Gasteiger partial charge in [0.25, 0.3) is 0 Å². The van der Waals surface area contributed by atoms with Gasteiger partial charge in [0.2, 0.25) is 0 Å². The summed E-state index contributed by atoms with van der Waals surface area (Å²) in [5.74, 6) is 1.33. The minimum Gasteiger partial charge on any atom is -0.396 e. The zero-order valence-electron chi connectivity index (χ0n) is 14.0. The lowest BCUT2D eigenvalue weighted by molar-refractivity contribution is 0.146. The van der Waals surface area contributed by atoms with E-state index in [-0.39, 0.29) is 24.6 Å². The van der Waals surface area contributed by atoms with Gasteiger partial charge in [0.15, 0.2) is 0 Å². The van der Waals surface area contributed by atoms with Crippen LogP contribution >= 0.6 is 0 Å². The second-order valence-corrected chi connectivity index (χ2v) is 7.24. The van der Waals surface area contributed by atoms with Crippen molar-refractivity contribution in [3.63, 3.8) is 0 Å². The van der Waals surface area contributed by atoms with Gasteiger partial charge >= 0.3 is 6.03 Å². The largest absolute Gasteiger partial charge is 0.396 e. The Morgan fingerprint density at radius 1 is 1.30 bits per heavy atom. The fraction of sp³-hybridized carbons (Fsp3) is 0.611. The van der Waals surface area contributed by atoms with E-state index >= 15 is 0 Å². The van der Waals surface area contributed by atoms with Gasteiger partial charge in [-0.15, -0.1) is 0 Å². The van der Waals surface area contributed by atoms with Gasteiger partial charge in [-0.05, 0) is 62.9 Å². The van der Waals surface area contributed by atoms with E-state index < -0.39 is 0 Å². The number of aliphatic hydroxyl groups is 1. The summed E-state index contributed by atoms with van der Waals surface area (Å²) in [7, 11) is 4.05. The third-order valence-corrected chi connectivity index (χ3v) is 5.28. The van der Waals surface area contributed by atoms with E-state index in [2.05, 4.69) is 21.6 Å². The Balaban J connectivity index is 1.59. The Labute approximate surface area is 138 Å². The fourth-order valence-electron chi connectivity index (χ4n) is 4.33. The van der Waals surface area contributed by atoms with Crippen molar-refractivity contribution < 1.29 is 9.90 Å². The number of aliphatic hydroxyl groups excluding tert-OH is 1. The third kappa shape index (κ3) is 3.67. The summed E-state index contributed by atoms with van der Waals surface area (Å²) in [6.45, 7) is 1.01. The molecule has 23 heavy (non-hydrogen) atoms. The molecule has 0 aromatic heterocycles. The van der Waals surface area contributed by atoms with Crippen LogP contribution in [0.5, 0.6) is 0 Å². The number of benzene rings is 1. The summed E-state index contributed by atoms with van der Waals surface area (Å²) < 4.78 is 0. The first kappa shape index (κ1) is 16.3. The Kier molecular flexibility index (Phi) is 4.87. The van der Waals surface area contributed by atoms with E-state index in [1.165, 1.54) is 18.4 Å². The molecule has 5 heteroatoms. The van der Waals surface area contributed by atoms with Crippen LogP contribution in [0.3, 0.4) is 0 Å². The maximum atomic E-state index is 12.3. The number of nitrogens with zero attached hydrogens (tertiary/aromatic N) is 1. The molecule has 2 fully saturated rings. The first-order chi connectivity index (χ1) is 11.1. The molecule has 2 bridgehead atoms. The monoisotopic (exact) mass is 317 g/mol. The number of rotatable bonds is 5. The number of nitrogens with one attached hydrogen (secondary N) is 2. The molecule has 3 rings (SSSR count). The van der Waals surface area contributed by atoms with Crippen LogP contribution in [0.25, 0.3) is 0 Å². The molecule has 1 aromatic carbocycles. The standard InChI is InChI=1S/C18H27N3O2/c1-21(2)10-12-4-3-5-15(8-12)19-18(23)20-17-14-7-6-13(9-14)16(17)11-22/h3-5,8,13-14,16-17,22H,6-7,9-11H2,1-2H3,(H2,19,20,23). The number of urea groups is 1. The van der Waals surface area contributed by atoms with Gasteiger partial charge in [-0.1, -0.05) is 12.1 Å². The molecule has 4 unspecified atom stereocenters. The van der Waals surface area contributed by atoms with Crippen molar-refractivity contribution in [2.75, 3.05) is 26.0 Å². The molecule has 0 aliphatic heterocycles. The molecule has 1 aromatic rings. The summed E-state index contributed by atoms with van der Waals surface area (Å²) >= 11 is 0. The van der Waals surface area contributed by atoms with Crippen molar-refractivity contribution in [1.82, 2.24) is 10.2 Å². The number of anilines is 1. The van der Waals surface area contributed by atoms with Gasteiger partial charge < -0.3 is 20.6 Å². The Morgan fingerprint density at radius 3 is 2.83 bits per heavy atom. The number of hydrogen-bond donors (Lipinski definition) is 3. The molecule has 126 valence electrons. The van der Waals surface area contributed by atoms with Gasteiger partial charge in [-0.2, -0.15) is 0 Å². The van der Waals surface area contributed by atoms with Crippen molar-refractivity contribution in [3.05, 3.63) is 29.8 Å². The SMILES string of the molecule is CN(C)Cc1cccc(NC(=O)NC2C3CCC(C3)C2CO)c1. The fourth-order valence-corrected chi connectivity index (χ4v) is 4.33. The first-order valence-corrected chi connectivity index (χ1v) is 8.49. The highest BCUT2D eigenvalue weighted by Crippen LogP contribution is 2.48. The highest BCUT2D eigenvalue weighted by atomic mass is 16.3. The molecule has 0 spiro atoms. The molecule has 4 atom stereocenters. The molecule has 2 aliphatic rings. The number of hydrogen-bond acceptors (Lipinski definition) is 3. The van der Waals surface area contributed by atoms with Crippen LogP contribution in [0, 0.1) is 17.8 Å². The van der Waals surface area contributed by atoms with Crippen LogP contribution in [-0.4, -0.2) is 42.8 Å². The van der Waals surface area contributed by atoms with E-state index in [9.17, 15) is 9.90 Å². The van der Waals surface area contributed by atoms with Crippen LogP contribution in [0.15, 0.2) is 24.3 Å². The van der Waals surface area contributed by atoms with E-state index in [4.69, 9.17) is 0 Å². The molecule has 0 saturated heterocycles. The summed E-state index contributed by atoms with van der Waals surface area (Å²) in [5.41, 5.74) is 1.98. The van der Waals surface area contributed by atoms with Crippen molar-refractivity contribution >= 4 is 11.7 Å². The summed E-state index contributed by atoms with van der Waals surface area (Å²) in [4.78, 5) is 14.4. The van der Waals surface area contributed by atoms with E-state index in [0.29, 0.717) is 11.8 Å². The predicted octanol–water partition coefficient (Wildman–Crippen LogP) is 2.28. The molecule has 0 heterocycles. The Hall–Kier alpha value is -1.59. The number of carbonyl (C=O) groups is 1. The lowest BCUT2D eigenvalue weighted by Gasteiger charge is -2.30. The van der Waals surface area contributed by atoms with E-state index in [1.807, 2.05) is 32.3 Å². The summed E-state index contributed by atoms with van der Waals surface area (Å²) in [6.07, 6.45) is 3.52. The topological polar surface area (TPSA) is 64.6 Å². The molecule has 3 N–H and O–H groups in total. The number of amides is 2. The van der Waals surface area contributed by atoms with Crippen molar-refractivity contribution in [1.29, 1.82) is 0 Å². The van der Waals surface area contributed by atoms with Crippen LogP contribution in [0.4, 0.5) is 10.5 Å². The summed E-state index contributed by atoms with van der Waals surface area (Å²) in [5, 5.41) is 15.6. The lowest BCUT2D eigenvalue weighted by Crippen LogP contribution is -2.46. The first-order valence-electron chi connectivity index (χ1n) is 8.49. The number of carbonyl (C=O) groups excluding carboxylic acids is 1. The minimum atomic E-state index is -0.164. The molecule has 2 saturated carbocycles. The van der Waals surface area contributed by atoms with Gasteiger partial charge in [0, 0.05) is 30.8 Å². The van der Waals surface area contributed by atoms with Crippen LogP contribution in [0.1, 0.15) is 24.8 Å². The lowest BCUT2D eigenvalue weighted by atomic mass is 9.85. The highest BCUT2D eigenvalue weighted by Gasteiger charge is 2.47.